The Morgan fingerprint density at radius 2 is 1.20 bits per heavy atom. The molecule has 0 spiro atoms. The summed E-state index contributed by atoms with van der Waals surface area (Å²) in [4.78, 5) is 0. The third kappa shape index (κ3) is 12.0. The molecule has 0 heterocycles. The van der Waals surface area contributed by atoms with Crippen LogP contribution >= 0.6 is 0 Å². The highest BCUT2D eigenvalue weighted by Crippen LogP contribution is 2.21. The van der Waals surface area contributed by atoms with Crippen LogP contribution in [0.3, 0.4) is 0 Å². The zero-order valence-corrected chi connectivity index (χ0v) is 16.0. The molecule has 0 aliphatic rings. The summed E-state index contributed by atoms with van der Waals surface area (Å²) in [5, 5.41) is 0. The molecule has 0 bridgehead atoms. The predicted molar refractivity (Wildman–Crippen MR) is 95.0 cm³/mol. The molecular weight excluding hydrogens is 260 g/mol. The van der Waals surface area contributed by atoms with Gasteiger partial charge in [0.05, 0.1) is 0 Å². The number of rotatable bonds is 14. The van der Waals surface area contributed by atoms with Crippen molar-refractivity contribution in [3.8, 4) is 0 Å². The lowest BCUT2D eigenvalue weighted by Gasteiger charge is -2.28. The van der Waals surface area contributed by atoms with E-state index in [0.29, 0.717) is 6.10 Å². The first-order valence-electron chi connectivity index (χ1n) is 9.23. The first-order chi connectivity index (χ1) is 9.55. The molecule has 0 aromatic rings. The van der Waals surface area contributed by atoms with Crippen molar-refractivity contribution in [2.45, 2.75) is 117 Å². The minimum atomic E-state index is -1.38. The van der Waals surface area contributed by atoms with Gasteiger partial charge >= 0.3 is 0 Å². The molecule has 0 aromatic heterocycles. The van der Waals surface area contributed by atoms with Crippen molar-refractivity contribution in [2.75, 3.05) is 0 Å². The molecule has 20 heavy (non-hydrogen) atoms. The van der Waals surface area contributed by atoms with E-state index in [4.69, 9.17) is 4.43 Å². The Morgan fingerprint density at radius 3 is 1.75 bits per heavy atom. The van der Waals surface area contributed by atoms with E-state index in [-0.39, 0.29) is 0 Å². The van der Waals surface area contributed by atoms with Gasteiger partial charge in [-0.25, -0.2) is 0 Å². The van der Waals surface area contributed by atoms with Crippen molar-refractivity contribution in [3.05, 3.63) is 0 Å². The van der Waals surface area contributed by atoms with E-state index in [9.17, 15) is 0 Å². The Labute approximate surface area is 130 Å². The quantitative estimate of drug-likeness (QED) is 0.250. The van der Waals surface area contributed by atoms with Gasteiger partial charge in [0.15, 0.2) is 8.32 Å². The van der Waals surface area contributed by atoms with Crippen LogP contribution in [0.1, 0.15) is 91.4 Å². The van der Waals surface area contributed by atoms with Crippen LogP contribution in [0.5, 0.6) is 0 Å². The lowest BCUT2D eigenvalue weighted by atomic mass is 10.0. The molecular formula is C18H40OSi. The van der Waals surface area contributed by atoms with Crippen LogP contribution in [0.4, 0.5) is 0 Å². The Morgan fingerprint density at radius 1 is 0.700 bits per heavy atom. The van der Waals surface area contributed by atoms with Gasteiger partial charge in [-0.3, -0.25) is 0 Å². The number of hydrogen-bond acceptors (Lipinski definition) is 1. The predicted octanol–water partition coefficient (Wildman–Crippen LogP) is 6.93. The fraction of sp³-hybridized carbons (Fsp3) is 1.00. The Kier molecular flexibility index (Phi) is 13.0. The second-order valence-electron chi connectivity index (χ2n) is 6.91. The monoisotopic (exact) mass is 300 g/mol. The van der Waals surface area contributed by atoms with Crippen molar-refractivity contribution in [1.29, 1.82) is 0 Å². The van der Waals surface area contributed by atoms with Crippen molar-refractivity contribution >= 4 is 8.32 Å². The summed E-state index contributed by atoms with van der Waals surface area (Å²) in [6, 6.07) is 1.24. The molecule has 0 saturated carbocycles. The molecule has 0 aliphatic carbocycles. The van der Waals surface area contributed by atoms with Gasteiger partial charge in [0.2, 0.25) is 0 Å². The molecule has 0 rings (SSSR count). The highest BCUT2D eigenvalue weighted by molar-refractivity contribution is 6.71. The normalized spacial score (nSPS) is 13.7. The van der Waals surface area contributed by atoms with E-state index in [1.165, 1.54) is 76.7 Å². The second-order valence-corrected chi connectivity index (χ2v) is 11.4. The SMILES string of the molecule is CCCCCCCCCC(CCCC)O[Si](C)(C)CC. The summed E-state index contributed by atoms with van der Waals surface area (Å²) < 4.78 is 6.47. The first-order valence-corrected chi connectivity index (χ1v) is 12.3. The molecule has 0 fully saturated rings. The van der Waals surface area contributed by atoms with Gasteiger partial charge in [-0.2, -0.15) is 0 Å². The van der Waals surface area contributed by atoms with E-state index in [1.54, 1.807) is 0 Å². The van der Waals surface area contributed by atoms with Crippen LogP contribution in [0.25, 0.3) is 0 Å². The standard InChI is InChI=1S/C18H40OSi/c1-6-9-11-12-13-14-15-17-18(16-10-7-2)19-20(4,5)8-3/h18H,6-17H2,1-5H3. The second kappa shape index (κ2) is 12.9. The smallest absolute Gasteiger partial charge is 0.186 e. The summed E-state index contributed by atoms with van der Waals surface area (Å²) in [5.41, 5.74) is 0. The highest BCUT2D eigenvalue weighted by atomic mass is 28.4. The Bertz CT molecular complexity index is 204. The molecule has 122 valence electrons. The van der Waals surface area contributed by atoms with Crippen LogP contribution in [-0.4, -0.2) is 14.4 Å². The third-order valence-electron chi connectivity index (χ3n) is 4.35. The van der Waals surface area contributed by atoms with Crippen molar-refractivity contribution < 1.29 is 4.43 Å². The molecule has 1 atom stereocenters. The average Bonchev–Trinajstić information content (AvgIpc) is 2.43. The summed E-state index contributed by atoms with van der Waals surface area (Å²) in [7, 11) is -1.38. The molecule has 2 heteroatoms. The van der Waals surface area contributed by atoms with Crippen LogP contribution in [0, 0.1) is 0 Å². The maximum absolute atomic E-state index is 6.47. The van der Waals surface area contributed by atoms with E-state index in [1.807, 2.05) is 0 Å². The Balaban J connectivity index is 3.80. The summed E-state index contributed by atoms with van der Waals surface area (Å²) >= 11 is 0. The third-order valence-corrected chi connectivity index (χ3v) is 7.02. The fourth-order valence-electron chi connectivity index (χ4n) is 2.56. The van der Waals surface area contributed by atoms with Crippen LogP contribution < -0.4 is 0 Å². The van der Waals surface area contributed by atoms with Gasteiger partial charge in [-0.1, -0.05) is 78.6 Å². The number of unbranched alkanes of at least 4 members (excludes halogenated alkanes) is 7. The lowest BCUT2D eigenvalue weighted by molar-refractivity contribution is 0.164. The van der Waals surface area contributed by atoms with E-state index in [2.05, 4.69) is 33.9 Å². The molecule has 0 radical (unpaired) electrons. The van der Waals surface area contributed by atoms with Gasteiger partial charge in [0, 0.05) is 6.10 Å². The van der Waals surface area contributed by atoms with Gasteiger partial charge in [0.25, 0.3) is 0 Å². The molecule has 0 N–H and O–H groups in total. The minimum absolute atomic E-state index is 0.548. The summed E-state index contributed by atoms with van der Waals surface area (Å²) in [6.45, 7) is 11.6. The van der Waals surface area contributed by atoms with Crippen LogP contribution in [-0.2, 0) is 4.43 Å². The maximum Gasteiger partial charge on any atom is 0.186 e. The molecule has 1 nitrogen and oxygen atoms in total. The fourth-order valence-corrected chi connectivity index (χ4v) is 3.86. The van der Waals surface area contributed by atoms with Crippen LogP contribution in [0.2, 0.25) is 19.1 Å². The van der Waals surface area contributed by atoms with E-state index < -0.39 is 8.32 Å². The minimum Gasteiger partial charge on any atom is -0.414 e. The summed E-state index contributed by atoms with van der Waals surface area (Å²) in [6.07, 6.45) is 15.6. The molecule has 0 saturated heterocycles. The molecule has 0 amide bonds. The summed E-state index contributed by atoms with van der Waals surface area (Å²) in [5.74, 6) is 0. The molecule has 0 aliphatic heterocycles. The topological polar surface area (TPSA) is 9.23 Å². The van der Waals surface area contributed by atoms with E-state index >= 15 is 0 Å². The van der Waals surface area contributed by atoms with Crippen molar-refractivity contribution in [3.63, 3.8) is 0 Å². The zero-order chi connectivity index (χ0) is 15.3. The maximum atomic E-state index is 6.47. The molecule has 0 aromatic carbocycles. The van der Waals surface area contributed by atoms with Crippen molar-refractivity contribution in [1.82, 2.24) is 0 Å². The first kappa shape index (κ1) is 20.2. The van der Waals surface area contributed by atoms with Crippen molar-refractivity contribution in [2.24, 2.45) is 0 Å². The largest absolute Gasteiger partial charge is 0.414 e. The molecule has 1 unspecified atom stereocenters. The van der Waals surface area contributed by atoms with Gasteiger partial charge in [0.1, 0.15) is 0 Å². The van der Waals surface area contributed by atoms with Gasteiger partial charge in [-0.15, -0.1) is 0 Å². The van der Waals surface area contributed by atoms with Gasteiger partial charge in [-0.05, 0) is 32.0 Å². The number of hydrogen-bond donors (Lipinski definition) is 0. The van der Waals surface area contributed by atoms with Gasteiger partial charge < -0.3 is 4.43 Å². The lowest BCUT2D eigenvalue weighted by Crippen LogP contribution is -2.34. The highest BCUT2D eigenvalue weighted by Gasteiger charge is 2.24. The van der Waals surface area contributed by atoms with E-state index in [0.717, 1.165) is 0 Å². The zero-order valence-electron chi connectivity index (χ0n) is 15.0. The Hall–Kier alpha value is 0.177. The average molecular weight is 301 g/mol. The van der Waals surface area contributed by atoms with Crippen LogP contribution in [0.15, 0.2) is 0 Å².